The summed E-state index contributed by atoms with van der Waals surface area (Å²) >= 11 is 0. The van der Waals surface area contributed by atoms with Gasteiger partial charge in [-0.3, -0.25) is 5.32 Å². The first-order valence-electron chi connectivity index (χ1n) is 5.02. The van der Waals surface area contributed by atoms with Crippen molar-refractivity contribution in [1.82, 2.24) is 10.6 Å². The lowest BCUT2D eigenvalue weighted by molar-refractivity contribution is -0.0431. The van der Waals surface area contributed by atoms with E-state index in [9.17, 15) is 0 Å². The lowest BCUT2D eigenvalue weighted by atomic mass is 9.95. The summed E-state index contributed by atoms with van der Waals surface area (Å²) in [5, 5.41) is 6.81. The number of hydrogen-bond acceptors (Lipinski definition) is 3. The first-order chi connectivity index (χ1) is 5.97. The van der Waals surface area contributed by atoms with Crippen LogP contribution in [0.15, 0.2) is 0 Å². The first-order valence-corrected chi connectivity index (χ1v) is 5.02. The van der Waals surface area contributed by atoms with E-state index < -0.39 is 0 Å². The minimum absolute atomic E-state index is 0.348. The summed E-state index contributed by atoms with van der Waals surface area (Å²) in [7, 11) is 0. The van der Waals surface area contributed by atoms with Gasteiger partial charge in [0.1, 0.15) is 6.23 Å². The van der Waals surface area contributed by atoms with Crippen LogP contribution in [0.3, 0.4) is 0 Å². The van der Waals surface area contributed by atoms with E-state index in [1.165, 1.54) is 19.3 Å². The molecular weight excluding hydrogens is 152 g/mol. The van der Waals surface area contributed by atoms with E-state index in [1.54, 1.807) is 0 Å². The standard InChI is InChI=1S/C9H18N2O/c1-4-11-9(12-7-1)8-2-5-10-6-3-8/h8-11H,1-7H2. The van der Waals surface area contributed by atoms with E-state index in [1.807, 2.05) is 0 Å². The second-order valence-corrected chi connectivity index (χ2v) is 3.69. The van der Waals surface area contributed by atoms with Gasteiger partial charge >= 0.3 is 0 Å². The van der Waals surface area contributed by atoms with Crippen molar-refractivity contribution in [2.75, 3.05) is 26.2 Å². The third kappa shape index (κ3) is 1.97. The van der Waals surface area contributed by atoms with Crippen molar-refractivity contribution in [3.63, 3.8) is 0 Å². The molecule has 0 aromatic heterocycles. The van der Waals surface area contributed by atoms with Gasteiger partial charge in [0, 0.05) is 12.5 Å². The number of hydrogen-bond donors (Lipinski definition) is 2. The fraction of sp³-hybridized carbons (Fsp3) is 1.00. The molecule has 2 N–H and O–H groups in total. The summed E-state index contributed by atoms with van der Waals surface area (Å²) in [5.41, 5.74) is 0. The van der Waals surface area contributed by atoms with E-state index in [4.69, 9.17) is 4.74 Å². The molecule has 0 aromatic carbocycles. The Bertz CT molecular complexity index is 112. The molecule has 0 aliphatic carbocycles. The van der Waals surface area contributed by atoms with Crippen molar-refractivity contribution in [2.45, 2.75) is 25.5 Å². The van der Waals surface area contributed by atoms with Gasteiger partial charge in [0.05, 0.1) is 0 Å². The predicted molar refractivity (Wildman–Crippen MR) is 48.0 cm³/mol. The van der Waals surface area contributed by atoms with E-state index in [2.05, 4.69) is 10.6 Å². The van der Waals surface area contributed by atoms with Crippen molar-refractivity contribution in [3.8, 4) is 0 Å². The highest BCUT2D eigenvalue weighted by molar-refractivity contribution is 4.76. The van der Waals surface area contributed by atoms with Crippen molar-refractivity contribution in [2.24, 2.45) is 5.92 Å². The average Bonchev–Trinajstić information content (AvgIpc) is 2.21. The Balaban J connectivity index is 1.80. The topological polar surface area (TPSA) is 33.3 Å². The molecule has 0 saturated carbocycles. The van der Waals surface area contributed by atoms with E-state index in [0.29, 0.717) is 6.23 Å². The summed E-state index contributed by atoms with van der Waals surface area (Å²) < 4.78 is 5.68. The maximum absolute atomic E-state index is 5.68. The number of rotatable bonds is 1. The Morgan fingerprint density at radius 2 is 1.92 bits per heavy atom. The zero-order valence-electron chi connectivity index (χ0n) is 7.51. The van der Waals surface area contributed by atoms with E-state index in [-0.39, 0.29) is 0 Å². The van der Waals surface area contributed by atoms with Crippen LogP contribution in [0.4, 0.5) is 0 Å². The summed E-state index contributed by atoms with van der Waals surface area (Å²) in [6.45, 7) is 4.40. The molecule has 2 fully saturated rings. The van der Waals surface area contributed by atoms with Crippen LogP contribution in [0.5, 0.6) is 0 Å². The van der Waals surface area contributed by atoms with E-state index in [0.717, 1.165) is 32.2 Å². The molecule has 0 radical (unpaired) electrons. The van der Waals surface area contributed by atoms with Crippen LogP contribution in [0.1, 0.15) is 19.3 Å². The first kappa shape index (κ1) is 8.48. The van der Waals surface area contributed by atoms with Gasteiger partial charge in [0.25, 0.3) is 0 Å². The Morgan fingerprint density at radius 3 is 2.58 bits per heavy atom. The summed E-state index contributed by atoms with van der Waals surface area (Å²) in [6.07, 6.45) is 4.04. The molecule has 0 aromatic rings. The minimum atomic E-state index is 0.348. The Hall–Kier alpha value is -0.120. The monoisotopic (exact) mass is 170 g/mol. The average molecular weight is 170 g/mol. The summed E-state index contributed by atoms with van der Waals surface area (Å²) in [5.74, 6) is 0.742. The maximum atomic E-state index is 5.68. The molecule has 2 saturated heterocycles. The van der Waals surface area contributed by atoms with Gasteiger partial charge in [-0.05, 0) is 38.9 Å². The van der Waals surface area contributed by atoms with Gasteiger partial charge in [0.15, 0.2) is 0 Å². The number of piperidine rings is 1. The Kier molecular flexibility index (Phi) is 2.98. The van der Waals surface area contributed by atoms with Gasteiger partial charge in [-0.25, -0.2) is 0 Å². The molecule has 2 aliphatic heterocycles. The third-order valence-electron chi connectivity index (χ3n) is 2.78. The fourth-order valence-corrected chi connectivity index (χ4v) is 2.04. The molecule has 70 valence electrons. The third-order valence-corrected chi connectivity index (χ3v) is 2.78. The van der Waals surface area contributed by atoms with Crippen molar-refractivity contribution < 1.29 is 4.74 Å². The SMILES string of the molecule is C1CNC(C2CCNCC2)OC1. The van der Waals surface area contributed by atoms with Gasteiger partial charge < -0.3 is 10.1 Å². The highest BCUT2D eigenvalue weighted by Crippen LogP contribution is 2.18. The molecular formula is C9H18N2O. The molecule has 2 rings (SSSR count). The molecule has 2 aliphatic rings. The lowest BCUT2D eigenvalue weighted by Gasteiger charge is -2.33. The second-order valence-electron chi connectivity index (χ2n) is 3.69. The molecule has 0 amide bonds. The smallest absolute Gasteiger partial charge is 0.111 e. The Morgan fingerprint density at radius 1 is 1.08 bits per heavy atom. The van der Waals surface area contributed by atoms with Crippen LogP contribution in [-0.4, -0.2) is 32.5 Å². The molecule has 0 bridgehead atoms. The van der Waals surface area contributed by atoms with Crippen molar-refractivity contribution >= 4 is 0 Å². The van der Waals surface area contributed by atoms with Crippen LogP contribution in [-0.2, 0) is 4.74 Å². The number of ether oxygens (including phenoxy) is 1. The van der Waals surface area contributed by atoms with Crippen LogP contribution in [0, 0.1) is 5.92 Å². The van der Waals surface area contributed by atoms with Gasteiger partial charge in [0.2, 0.25) is 0 Å². The molecule has 12 heavy (non-hydrogen) atoms. The molecule has 1 unspecified atom stereocenters. The molecule has 0 spiro atoms. The predicted octanol–water partition coefficient (Wildman–Crippen LogP) is 0.322. The zero-order chi connectivity index (χ0) is 8.23. The summed E-state index contributed by atoms with van der Waals surface area (Å²) in [6, 6.07) is 0. The van der Waals surface area contributed by atoms with E-state index >= 15 is 0 Å². The fourth-order valence-electron chi connectivity index (χ4n) is 2.04. The highest BCUT2D eigenvalue weighted by Gasteiger charge is 2.25. The van der Waals surface area contributed by atoms with Crippen LogP contribution < -0.4 is 10.6 Å². The van der Waals surface area contributed by atoms with Crippen LogP contribution in [0.2, 0.25) is 0 Å². The zero-order valence-corrected chi connectivity index (χ0v) is 7.51. The maximum Gasteiger partial charge on any atom is 0.111 e. The summed E-state index contributed by atoms with van der Waals surface area (Å²) in [4.78, 5) is 0. The van der Waals surface area contributed by atoms with Gasteiger partial charge in [-0.15, -0.1) is 0 Å². The molecule has 2 heterocycles. The quantitative estimate of drug-likeness (QED) is 0.594. The van der Waals surface area contributed by atoms with Crippen LogP contribution in [0.25, 0.3) is 0 Å². The van der Waals surface area contributed by atoms with Crippen molar-refractivity contribution in [3.05, 3.63) is 0 Å². The second kappa shape index (κ2) is 4.21. The van der Waals surface area contributed by atoms with Crippen molar-refractivity contribution in [1.29, 1.82) is 0 Å². The molecule has 1 atom stereocenters. The van der Waals surface area contributed by atoms with Crippen LogP contribution >= 0.6 is 0 Å². The molecule has 3 nitrogen and oxygen atoms in total. The Labute approximate surface area is 73.9 Å². The molecule has 3 heteroatoms. The number of nitrogens with one attached hydrogen (secondary N) is 2. The normalized spacial score (nSPS) is 33.5. The lowest BCUT2D eigenvalue weighted by Crippen LogP contribution is -2.46. The minimum Gasteiger partial charge on any atom is -0.363 e. The van der Waals surface area contributed by atoms with Gasteiger partial charge in [-0.2, -0.15) is 0 Å². The largest absolute Gasteiger partial charge is 0.363 e. The van der Waals surface area contributed by atoms with Gasteiger partial charge in [-0.1, -0.05) is 0 Å². The highest BCUT2D eigenvalue weighted by atomic mass is 16.5.